The van der Waals surface area contributed by atoms with Gasteiger partial charge in [-0.3, -0.25) is 4.98 Å². The number of aromatic nitrogens is 1. The van der Waals surface area contributed by atoms with Crippen LogP contribution in [0.2, 0.25) is 0 Å². The average molecular weight is 482 g/mol. The van der Waals surface area contributed by atoms with Gasteiger partial charge in [-0.05, 0) is 77.4 Å². The lowest BCUT2D eigenvalue weighted by Crippen LogP contribution is -2.42. The van der Waals surface area contributed by atoms with E-state index in [0.717, 1.165) is 48.1 Å². The van der Waals surface area contributed by atoms with Gasteiger partial charge in [0.2, 0.25) is 0 Å². The van der Waals surface area contributed by atoms with Crippen LogP contribution in [0.25, 0.3) is 22.0 Å². The molecule has 0 saturated carbocycles. The highest BCUT2D eigenvalue weighted by atomic mass is 32.2. The van der Waals surface area contributed by atoms with Crippen LogP contribution in [0.4, 0.5) is 5.69 Å². The van der Waals surface area contributed by atoms with Crippen LogP contribution in [0.15, 0.2) is 53.6 Å². The molecular weight excluding hydrogens is 446 g/mol. The molecule has 0 aliphatic carbocycles. The van der Waals surface area contributed by atoms with Gasteiger partial charge >= 0.3 is 0 Å². The molecule has 34 heavy (non-hydrogen) atoms. The van der Waals surface area contributed by atoms with Crippen LogP contribution in [0.5, 0.6) is 5.75 Å². The van der Waals surface area contributed by atoms with E-state index in [1.54, 1.807) is 26.0 Å². The van der Waals surface area contributed by atoms with Crippen molar-refractivity contribution in [2.45, 2.75) is 49.8 Å². The molecule has 3 aromatic rings. The number of fused-ring (bicyclic) bond motifs is 1. The summed E-state index contributed by atoms with van der Waals surface area (Å²) in [6, 6.07) is 13.5. The number of para-hydroxylation sites is 1. The Bertz CT molecular complexity index is 1280. The Morgan fingerprint density at radius 2 is 1.74 bits per heavy atom. The third-order valence-electron chi connectivity index (χ3n) is 7.30. The molecule has 2 heterocycles. The van der Waals surface area contributed by atoms with E-state index in [0.29, 0.717) is 22.4 Å². The quantitative estimate of drug-likeness (QED) is 0.537. The van der Waals surface area contributed by atoms with Crippen molar-refractivity contribution in [1.29, 1.82) is 0 Å². The minimum atomic E-state index is -3.54. The number of benzene rings is 2. The third-order valence-corrected chi connectivity index (χ3v) is 9.45. The molecule has 0 spiro atoms. The molecule has 0 radical (unpaired) electrons. The van der Waals surface area contributed by atoms with Crippen molar-refractivity contribution in [3.05, 3.63) is 48.7 Å². The zero-order valence-corrected chi connectivity index (χ0v) is 21.5. The fourth-order valence-electron chi connectivity index (χ4n) is 4.86. The van der Waals surface area contributed by atoms with Crippen LogP contribution in [0.1, 0.15) is 33.6 Å². The van der Waals surface area contributed by atoms with Crippen LogP contribution < -0.4 is 4.90 Å². The SMILES string of the molecule is CC(C1CCN(c2c(S(=O)(=O)C(C)C)cnc3ccc(-c4ccccc4O)cc23)CC1)N(C)C. The molecule has 1 unspecified atom stereocenters. The van der Waals surface area contributed by atoms with Gasteiger partial charge in [0.15, 0.2) is 9.84 Å². The number of rotatable bonds is 6. The predicted molar refractivity (Wildman–Crippen MR) is 139 cm³/mol. The molecule has 0 bridgehead atoms. The second-order valence-corrected chi connectivity index (χ2v) is 12.3. The highest BCUT2D eigenvalue weighted by Crippen LogP contribution is 2.40. The van der Waals surface area contributed by atoms with Gasteiger partial charge in [-0.1, -0.05) is 24.3 Å². The van der Waals surface area contributed by atoms with Crippen LogP contribution >= 0.6 is 0 Å². The molecule has 1 N–H and O–H groups in total. The molecule has 1 aliphatic heterocycles. The summed E-state index contributed by atoms with van der Waals surface area (Å²) in [5.41, 5.74) is 3.04. The van der Waals surface area contributed by atoms with Crippen molar-refractivity contribution >= 4 is 26.4 Å². The van der Waals surface area contributed by atoms with E-state index in [2.05, 4.69) is 35.8 Å². The topological polar surface area (TPSA) is 73.7 Å². The molecule has 6 nitrogen and oxygen atoms in total. The van der Waals surface area contributed by atoms with Crippen molar-refractivity contribution in [3.63, 3.8) is 0 Å². The molecule has 1 saturated heterocycles. The number of phenols is 1. The standard InChI is InChI=1S/C27H35N3O3S/c1-18(2)34(32,33)26-17-28-24-11-10-21(22-8-6-7-9-25(22)31)16-23(24)27(26)30-14-12-20(13-15-30)19(3)29(4)5/h6-11,16-20,31H,12-15H2,1-5H3. The first-order valence-corrected chi connectivity index (χ1v) is 13.5. The number of nitrogens with zero attached hydrogens (tertiary/aromatic N) is 3. The molecule has 1 aromatic heterocycles. The van der Waals surface area contributed by atoms with E-state index in [1.165, 1.54) is 6.20 Å². The number of aromatic hydroxyl groups is 1. The Kier molecular flexibility index (Phi) is 6.87. The third kappa shape index (κ3) is 4.51. The molecule has 0 amide bonds. The lowest BCUT2D eigenvalue weighted by atomic mass is 9.89. The number of piperidine rings is 1. The van der Waals surface area contributed by atoms with E-state index in [9.17, 15) is 13.5 Å². The van der Waals surface area contributed by atoms with Crippen molar-refractivity contribution < 1.29 is 13.5 Å². The van der Waals surface area contributed by atoms with Gasteiger partial charge in [0.25, 0.3) is 0 Å². The Labute approximate surface area is 203 Å². The van der Waals surface area contributed by atoms with Crippen LogP contribution in [-0.2, 0) is 9.84 Å². The number of pyridine rings is 1. The van der Waals surface area contributed by atoms with E-state index in [4.69, 9.17) is 0 Å². The molecule has 2 aromatic carbocycles. The molecular formula is C27H35N3O3S. The highest BCUT2D eigenvalue weighted by Gasteiger charge is 2.31. The zero-order valence-electron chi connectivity index (χ0n) is 20.7. The van der Waals surface area contributed by atoms with E-state index in [1.807, 2.05) is 30.3 Å². The van der Waals surface area contributed by atoms with Crippen molar-refractivity contribution in [2.24, 2.45) is 5.92 Å². The van der Waals surface area contributed by atoms with Crippen LogP contribution in [0, 0.1) is 5.92 Å². The molecule has 7 heteroatoms. The van der Waals surface area contributed by atoms with Gasteiger partial charge in [0.05, 0.1) is 16.5 Å². The predicted octanol–water partition coefficient (Wildman–Crippen LogP) is 4.96. The summed E-state index contributed by atoms with van der Waals surface area (Å²) >= 11 is 0. The van der Waals surface area contributed by atoms with Crippen LogP contribution in [0.3, 0.4) is 0 Å². The maximum absolute atomic E-state index is 13.4. The van der Waals surface area contributed by atoms with Crippen molar-refractivity contribution in [3.8, 4) is 16.9 Å². The number of phenolic OH excluding ortho intramolecular Hbond substituents is 1. The summed E-state index contributed by atoms with van der Waals surface area (Å²) in [6.45, 7) is 7.28. The van der Waals surface area contributed by atoms with Gasteiger partial charge in [-0.15, -0.1) is 0 Å². The minimum Gasteiger partial charge on any atom is -0.507 e. The first-order chi connectivity index (χ1) is 16.1. The smallest absolute Gasteiger partial charge is 0.184 e. The number of hydrogen-bond donors (Lipinski definition) is 1. The molecule has 1 atom stereocenters. The monoisotopic (exact) mass is 481 g/mol. The second kappa shape index (κ2) is 9.55. The number of sulfone groups is 1. The average Bonchev–Trinajstić information content (AvgIpc) is 2.82. The first kappa shape index (κ1) is 24.5. The Hall–Kier alpha value is -2.64. The maximum atomic E-state index is 13.4. The minimum absolute atomic E-state index is 0.195. The first-order valence-electron chi connectivity index (χ1n) is 12.0. The summed E-state index contributed by atoms with van der Waals surface area (Å²) < 4.78 is 26.8. The largest absolute Gasteiger partial charge is 0.507 e. The summed E-state index contributed by atoms with van der Waals surface area (Å²) in [6.07, 6.45) is 3.54. The summed E-state index contributed by atoms with van der Waals surface area (Å²) in [5.74, 6) is 0.766. The normalized spacial score (nSPS) is 16.5. The van der Waals surface area contributed by atoms with Crippen molar-refractivity contribution in [1.82, 2.24) is 9.88 Å². The van der Waals surface area contributed by atoms with Gasteiger partial charge < -0.3 is 14.9 Å². The highest BCUT2D eigenvalue weighted by molar-refractivity contribution is 7.92. The maximum Gasteiger partial charge on any atom is 0.184 e. The lowest BCUT2D eigenvalue weighted by molar-refractivity contribution is 0.199. The van der Waals surface area contributed by atoms with Gasteiger partial charge in [0, 0.05) is 36.3 Å². The van der Waals surface area contributed by atoms with Gasteiger partial charge in [-0.25, -0.2) is 8.42 Å². The summed E-state index contributed by atoms with van der Waals surface area (Å²) in [7, 11) is 0.686. The van der Waals surface area contributed by atoms with Gasteiger partial charge in [-0.2, -0.15) is 0 Å². The lowest BCUT2D eigenvalue weighted by Gasteiger charge is -2.39. The van der Waals surface area contributed by atoms with Gasteiger partial charge in [0.1, 0.15) is 10.6 Å². The second-order valence-electron chi connectivity index (χ2n) is 9.84. The zero-order chi connectivity index (χ0) is 24.6. The van der Waals surface area contributed by atoms with E-state index in [-0.39, 0.29) is 5.75 Å². The Morgan fingerprint density at radius 3 is 2.35 bits per heavy atom. The van der Waals surface area contributed by atoms with Crippen molar-refractivity contribution in [2.75, 3.05) is 32.1 Å². The van der Waals surface area contributed by atoms with E-state index < -0.39 is 15.1 Å². The molecule has 182 valence electrons. The Balaban J connectivity index is 1.86. The summed E-state index contributed by atoms with van der Waals surface area (Å²) in [4.78, 5) is 9.32. The number of anilines is 1. The Morgan fingerprint density at radius 1 is 1.06 bits per heavy atom. The molecule has 4 rings (SSSR count). The summed E-state index contributed by atoms with van der Waals surface area (Å²) in [5, 5.41) is 10.7. The number of hydrogen-bond acceptors (Lipinski definition) is 6. The van der Waals surface area contributed by atoms with Crippen LogP contribution in [-0.4, -0.2) is 61.9 Å². The fraction of sp³-hybridized carbons (Fsp3) is 0.444. The fourth-order valence-corrected chi connectivity index (χ4v) is 6.08. The molecule has 1 fully saturated rings. The van der Waals surface area contributed by atoms with E-state index >= 15 is 0 Å². The molecule has 1 aliphatic rings.